The van der Waals surface area contributed by atoms with Crippen LogP contribution in [0.5, 0.6) is 5.88 Å². The summed E-state index contributed by atoms with van der Waals surface area (Å²) in [5, 5.41) is 8.42. The number of methoxy groups -OCH3 is 1. The van der Waals surface area contributed by atoms with Crippen molar-refractivity contribution in [1.29, 1.82) is 0 Å². The fourth-order valence-corrected chi connectivity index (χ4v) is 2.48. The van der Waals surface area contributed by atoms with Crippen LogP contribution in [0.4, 0.5) is 0 Å². The van der Waals surface area contributed by atoms with Gasteiger partial charge in [-0.1, -0.05) is 11.6 Å². The third-order valence-corrected chi connectivity index (χ3v) is 3.92. The van der Waals surface area contributed by atoms with Gasteiger partial charge in [-0.2, -0.15) is 5.10 Å². The molecule has 0 bridgehead atoms. The van der Waals surface area contributed by atoms with Crippen molar-refractivity contribution in [3.63, 3.8) is 0 Å². The van der Waals surface area contributed by atoms with Crippen molar-refractivity contribution in [2.45, 2.75) is 32.9 Å². The Morgan fingerprint density at radius 1 is 1.43 bits per heavy atom. The zero-order valence-corrected chi connectivity index (χ0v) is 13.5. The number of rotatable bonds is 6. The van der Waals surface area contributed by atoms with E-state index in [0.29, 0.717) is 12.3 Å². The number of nitrogens with one attached hydrogen (secondary N) is 1. The Balaban J connectivity index is 2.30. The van der Waals surface area contributed by atoms with Crippen LogP contribution in [-0.2, 0) is 13.0 Å². The zero-order chi connectivity index (χ0) is 15.4. The number of nitrogens with zero attached hydrogens (tertiary/aromatic N) is 4. The molecule has 7 heteroatoms. The summed E-state index contributed by atoms with van der Waals surface area (Å²) in [4.78, 5) is 8.35. The zero-order valence-electron chi connectivity index (χ0n) is 12.7. The summed E-state index contributed by atoms with van der Waals surface area (Å²) in [6.45, 7) is 4.75. The Hall–Kier alpha value is -1.66. The molecule has 0 aliphatic carbocycles. The normalized spacial score (nSPS) is 12.4. The maximum Gasteiger partial charge on any atom is 0.216 e. The highest BCUT2D eigenvalue weighted by atomic mass is 35.5. The van der Waals surface area contributed by atoms with Crippen molar-refractivity contribution >= 4 is 11.6 Å². The molecule has 0 aliphatic rings. The van der Waals surface area contributed by atoms with Crippen molar-refractivity contribution in [2.75, 3.05) is 14.2 Å². The summed E-state index contributed by atoms with van der Waals surface area (Å²) in [6, 6.07) is 1.84. The van der Waals surface area contributed by atoms with Gasteiger partial charge in [-0.3, -0.25) is 4.68 Å². The average molecular weight is 310 g/mol. The van der Waals surface area contributed by atoms with Crippen LogP contribution in [0.1, 0.15) is 30.0 Å². The minimum Gasteiger partial charge on any atom is -0.481 e. The number of aryl methyl sites for hydroxylation is 2. The van der Waals surface area contributed by atoms with Gasteiger partial charge in [-0.15, -0.1) is 0 Å². The van der Waals surface area contributed by atoms with Crippen LogP contribution in [0, 0.1) is 6.92 Å². The molecule has 1 atom stereocenters. The fourth-order valence-electron chi connectivity index (χ4n) is 2.27. The van der Waals surface area contributed by atoms with Crippen LogP contribution in [0.25, 0.3) is 0 Å². The lowest BCUT2D eigenvalue weighted by atomic mass is 10.1. The second-order valence-corrected chi connectivity index (χ2v) is 5.07. The minimum atomic E-state index is 0.0146. The lowest BCUT2D eigenvalue weighted by Gasteiger charge is -2.17. The topological polar surface area (TPSA) is 64.9 Å². The van der Waals surface area contributed by atoms with Gasteiger partial charge in [0.2, 0.25) is 5.88 Å². The molecular formula is C14H20ClN5O. The van der Waals surface area contributed by atoms with Crippen molar-refractivity contribution < 1.29 is 4.74 Å². The summed E-state index contributed by atoms with van der Waals surface area (Å²) < 4.78 is 7.08. The molecule has 2 heterocycles. The van der Waals surface area contributed by atoms with Gasteiger partial charge in [0, 0.05) is 19.0 Å². The van der Waals surface area contributed by atoms with Crippen molar-refractivity contribution in [1.82, 2.24) is 25.1 Å². The molecule has 0 amide bonds. The summed E-state index contributed by atoms with van der Waals surface area (Å²) in [7, 11) is 3.49. The van der Waals surface area contributed by atoms with Crippen LogP contribution in [0.2, 0.25) is 5.02 Å². The van der Waals surface area contributed by atoms with Crippen molar-refractivity contribution in [3.8, 4) is 5.88 Å². The number of hydrogen-bond acceptors (Lipinski definition) is 5. The summed E-state index contributed by atoms with van der Waals surface area (Å²) in [6.07, 6.45) is 2.20. The maximum atomic E-state index is 6.37. The second-order valence-electron chi connectivity index (χ2n) is 4.69. The van der Waals surface area contributed by atoms with E-state index < -0.39 is 0 Å². The Morgan fingerprint density at radius 3 is 2.81 bits per heavy atom. The Morgan fingerprint density at radius 2 is 2.19 bits per heavy atom. The summed E-state index contributed by atoms with van der Waals surface area (Å²) in [5.41, 5.74) is 2.72. The summed E-state index contributed by atoms with van der Waals surface area (Å²) >= 11 is 6.37. The average Bonchev–Trinajstić information content (AvgIpc) is 2.79. The SMILES string of the molecule is CCn1nc(C)c(Cl)c1CC(NC)c1cc(OC)ncn1. The van der Waals surface area contributed by atoms with Gasteiger partial charge in [0.1, 0.15) is 6.33 Å². The Bertz CT molecular complexity index is 613. The van der Waals surface area contributed by atoms with Crippen LogP contribution in [0.3, 0.4) is 0 Å². The smallest absolute Gasteiger partial charge is 0.216 e. The maximum absolute atomic E-state index is 6.37. The van der Waals surface area contributed by atoms with Gasteiger partial charge in [-0.25, -0.2) is 9.97 Å². The third-order valence-electron chi connectivity index (χ3n) is 3.43. The van der Waals surface area contributed by atoms with E-state index >= 15 is 0 Å². The van der Waals surface area contributed by atoms with Gasteiger partial charge in [0.15, 0.2) is 0 Å². The molecule has 0 aliphatic heterocycles. The van der Waals surface area contributed by atoms with Crippen molar-refractivity contribution in [3.05, 3.63) is 34.5 Å². The lowest BCUT2D eigenvalue weighted by Crippen LogP contribution is -2.22. The van der Waals surface area contributed by atoms with E-state index in [1.165, 1.54) is 6.33 Å². The van der Waals surface area contributed by atoms with E-state index in [4.69, 9.17) is 16.3 Å². The van der Waals surface area contributed by atoms with E-state index in [1.54, 1.807) is 7.11 Å². The third kappa shape index (κ3) is 3.33. The monoisotopic (exact) mass is 309 g/mol. The van der Waals surface area contributed by atoms with E-state index in [1.807, 2.05) is 31.6 Å². The van der Waals surface area contributed by atoms with E-state index in [-0.39, 0.29) is 6.04 Å². The number of likely N-dealkylation sites (N-methyl/N-ethyl adjacent to an activating group) is 1. The molecular weight excluding hydrogens is 290 g/mol. The van der Waals surface area contributed by atoms with Gasteiger partial charge in [0.25, 0.3) is 0 Å². The van der Waals surface area contributed by atoms with Crippen molar-refractivity contribution in [2.24, 2.45) is 0 Å². The number of halogens is 1. The molecule has 1 N–H and O–H groups in total. The second kappa shape index (κ2) is 6.87. The molecule has 2 aromatic rings. The molecule has 2 aromatic heterocycles. The van der Waals surface area contributed by atoms with Gasteiger partial charge >= 0.3 is 0 Å². The molecule has 0 saturated carbocycles. The quantitative estimate of drug-likeness (QED) is 0.886. The first-order chi connectivity index (χ1) is 10.1. The predicted molar refractivity (Wildman–Crippen MR) is 81.7 cm³/mol. The van der Waals surface area contributed by atoms with Crippen LogP contribution >= 0.6 is 11.6 Å². The van der Waals surface area contributed by atoms with E-state index in [9.17, 15) is 0 Å². The van der Waals surface area contributed by atoms with Crippen LogP contribution in [-0.4, -0.2) is 33.9 Å². The first-order valence-electron chi connectivity index (χ1n) is 6.85. The highest BCUT2D eigenvalue weighted by Gasteiger charge is 2.19. The van der Waals surface area contributed by atoms with Gasteiger partial charge in [0.05, 0.1) is 35.3 Å². The summed E-state index contributed by atoms with van der Waals surface area (Å²) in [5.74, 6) is 0.548. The molecule has 114 valence electrons. The largest absolute Gasteiger partial charge is 0.481 e. The molecule has 1 unspecified atom stereocenters. The predicted octanol–water partition coefficient (Wildman–Crippen LogP) is 2.17. The molecule has 0 aromatic carbocycles. The Labute approximate surface area is 129 Å². The van der Waals surface area contributed by atoms with E-state index in [0.717, 1.165) is 28.6 Å². The molecule has 2 rings (SSSR count). The van der Waals surface area contributed by atoms with Gasteiger partial charge < -0.3 is 10.1 Å². The first-order valence-corrected chi connectivity index (χ1v) is 7.23. The van der Waals surface area contributed by atoms with Crippen LogP contribution in [0.15, 0.2) is 12.4 Å². The van der Waals surface area contributed by atoms with Crippen LogP contribution < -0.4 is 10.1 Å². The Kier molecular flexibility index (Phi) is 5.14. The minimum absolute atomic E-state index is 0.0146. The fraction of sp³-hybridized carbons (Fsp3) is 0.500. The molecule has 0 fully saturated rings. The number of ether oxygens (including phenoxy) is 1. The molecule has 6 nitrogen and oxygen atoms in total. The molecule has 21 heavy (non-hydrogen) atoms. The first kappa shape index (κ1) is 15.7. The standard InChI is InChI=1S/C14H20ClN5O/c1-5-20-12(14(15)9(2)19-20)6-10(16-3)11-7-13(21-4)18-8-17-11/h7-8,10,16H,5-6H2,1-4H3. The highest BCUT2D eigenvalue weighted by Crippen LogP contribution is 2.26. The lowest BCUT2D eigenvalue weighted by molar-refractivity contribution is 0.394. The molecule has 0 spiro atoms. The van der Waals surface area contributed by atoms with Gasteiger partial charge in [-0.05, 0) is 20.9 Å². The number of aromatic nitrogens is 4. The highest BCUT2D eigenvalue weighted by molar-refractivity contribution is 6.31. The van der Waals surface area contributed by atoms with E-state index in [2.05, 4.69) is 20.4 Å². The molecule has 0 radical (unpaired) electrons. The molecule has 0 saturated heterocycles. The number of hydrogen-bond donors (Lipinski definition) is 1.